The molecule has 2 unspecified atom stereocenters. The van der Waals surface area contributed by atoms with E-state index >= 15 is 0 Å². The van der Waals surface area contributed by atoms with Crippen molar-refractivity contribution < 1.29 is 73.2 Å². The number of carboxylic acids is 1. The lowest BCUT2D eigenvalue weighted by atomic mass is 9.86. The summed E-state index contributed by atoms with van der Waals surface area (Å²) in [6.07, 6.45) is 0.805. The maximum absolute atomic E-state index is 14.3. The van der Waals surface area contributed by atoms with Gasteiger partial charge in [-0.05, 0) is 101 Å². The molecule has 2 aliphatic rings. The predicted molar refractivity (Wildman–Crippen MR) is 289 cm³/mol. The van der Waals surface area contributed by atoms with E-state index in [4.69, 9.17) is 11.5 Å². The Morgan fingerprint density at radius 1 is 0.577 bits per heavy atom. The number of aliphatic carboxylic acids is 1. The summed E-state index contributed by atoms with van der Waals surface area (Å²) in [5, 5.41) is 47.5. The monoisotopic (exact) mass is 1110 g/mol. The fourth-order valence-electron chi connectivity index (χ4n) is 10.6. The first-order chi connectivity index (χ1) is 36.6. The maximum atomic E-state index is 14.3. The van der Waals surface area contributed by atoms with Gasteiger partial charge in [-0.25, -0.2) is 0 Å². The van der Waals surface area contributed by atoms with Gasteiger partial charge in [-0.2, -0.15) is 0 Å². The number of nitrogens with two attached hydrogens (primary N) is 2. The number of hydrogen-bond acceptors (Lipinski definition) is 16. The van der Waals surface area contributed by atoms with Crippen molar-refractivity contribution in [3.05, 3.63) is 0 Å². The molecule has 2 fully saturated rings. The van der Waals surface area contributed by atoms with Crippen molar-refractivity contribution in [1.82, 2.24) is 25.8 Å². The SMILES string of the molecule is CC(C)C[C@H](CC(=O)[C@H](CO)NC(=O)[C@@H](CC(=O)[C@@H]1CCCN1C(=O)[C@@H](CC(=O)CNC(=O)[C@H](CO)CC(=O)[C@@H]1CCCN1C(=O)[C@@H](CC(=O)[C@H](CCCCN)NC(=O)C(N)C(C)O)CC(C)C)CC(C)C)C(C)C)C(=O)O. The van der Waals surface area contributed by atoms with Crippen LogP contribution in [0.15, 0.2) is 0 Å². The van der Waals surface area contributed by atoms with Gasteiger partial charge in [-0.3, -0.25) is 52.7 Å². The number of rotatable bonds is 38. The molecule has 0 radical (unpaired) electrons. The van der Waals surface area contributed by atoms with Gasteiger partial charge in [-0.15, -0.1) is 0 Å². The maximum Gasteiger partial charge on any atom is 0.306 e. The highest BCUT2D eigenvalue weighted by Crippen LogP contribution is 2.30. The number of amides is 5. The Labute approximate surface area is 461 Å². The molecule has 2 saturated heterocycles. The Morgan fingerprint density at radius 3 is 1.51 bits per heavy atom. The minimum Gasteiger partial charge on any atom is -0.481 e. The van der Waals surface area contributed by atoms with E-state index in [2.05, 4.69) is 16.0 Å². The van der Waals surface area contributed by atoms with E-state index in [9.17, 15) is 73.2 Å². The highest BCUT2D eigenvalue weighted by Gasteiger charge is 2.42. The predicted octanol–water partition coefficient (Wildman–Crippen LogP) is 1.63. The molecule has 0 saturated carbocycles. The normalized spacial score (nSPS) is 19.2. The Balaban J connectivity index is 2.15. The molecule has 0 spiro atoms. The Kier molecular flexibility index (Phi) is 30.3. The van der Waals surface area contributed by atoms with Gasteiger partial charge in [0.25, 0.3) is 0 Å². The number of nitrogens with one attached hydrogen (secondary N) is 3. The van der Waals surface area contributed by atoms with Crippen LogP contribution in [0.4, 0.5) is 0 Å². The molecule has 78 heavy (non-hydrogen) atoms. The number of carboxylic acid groups (broad SMARTS) is 1. The molecule has 0 aliphatic carbocycles. The molecule has 22 heteroatoms. The molecule has 11 N–H and O–H groups in total. The second kappa shape index (κ2) is 34.2. The lowest BCUT2D eigenvalue weighted by molar-refractivity contribution is -0.145. The summed E-state index contributed by atoms with van der Waals surface area (Å²) < 4.78 is 0. The van der Waals surface area contributed by atoms with E-state index in [0.29, 0.717) is 45.1 Å². The van der Waals surface area contributed by atoms with Gasteiger partial charge in [0, 0.05) is 62.9 Å². The minimum atomic E-state index is -1.38. The largest absolute Gasteiger partial charge is 0.481 e. The van der Waals surface area contributed by atoms with Gasteiger partial charge in [0.2, 0.25) is 29.5 Å². The average Bonchev–Trinajstić information content (AvgIpc) is 4.07. The second-order valence-electron chi connectivity index (χ2n) is 23.4. The van der Waals surface area contributed by atoms with Crippen LogP contribution in [0.2, 0.25) is 0 Å². The summed E-state index contributed by atoms with van der Waals surface area (Å²) in [5.74, 6) is -12.1. The quantitative estimate of drug-likeness (QED) is 0.0397. The lowest BCUT2D eigenvalue weighted by Crippen LogP contribution is -2.53. The van der Waals surface area contributed by atoms with Crippen molar-refractivity contribution in [3.8, 4) is 0 Å². The number of ketones is 5. The fraction of sp³-hybridized carbons (Fsp3) is 0.804. The number of Topliss-reactive ketones (excluding diaryl/α,β-unsaturated/α-hetero) is 5. The van der Waals surface area contributed by atoms with Crippen LogP contribution in [0.1, 0.15) is 159 Å². The smallest absolute Gasteiger partial charge is 0.306 e. The number of hydrogen-bond donors (Lipinski definition) is 9. The van der Waals surface area contributed by atoms with Crippen molar-refractivity contribution in [3.63, 3.8) is 0 Å². The van der Waals surface area contributed by atoms with E-state index in [-0.39, 0.29) is 75.8 Å². The topological polar surface area (TPSA) is 363 Å². The molecule has 2 aliphatic heterocycles. The van der Waals surface area contributed by atoms with Gasteiger partial charge in [0.15, 0.2) is 28.9 Å². The Bertz CT molecular complexity index is 2050. The summed E-state index contributed by atoms with van der Waals surface area (Å²) in [6.45, 7) is 14.7. The lowest BCUT2D eigenvalue weighted by Gasteiger charge is -2.30. The van der Waals surface area contributed by atoms with Crippen LogP contribution in [0.5, 0.6) is 0 Å². The zero-order valence-electron chi connectivity index (χ0n) is 47.8. The number of carbonyl (C=O) groups excluding carboxylic acids is 10. The third-order valence-electron chi connectivity index (χ3n) is 14.9. The first-order valence-corrected chi connectivity index (χ1v) is 28.3. The number of nitrogens with zero attached hydrogens (tertiary/aromatic N) is 2. The Morgan fingerprint density at radius 2 is 1.05 bits per heavy atom. The van der Waals surface area contributed by atoms with Crippen molar-refractivity contribution in [2.45, 2.75) is 195 Å². The van der Waals surface area contributed by atoms with Gasteiger partial charge < -0.3 is 57.6 Å². The number of likely N-dealkylation sites (tertiary alicyclic amines) is 2. The van der Waals surface area contributed by atoms with Crippen LogP contribution in [0.25, 0.3) is 0 Å². The van der Waals surface area contributed by atoms with E-state index in [1.165, 1.54) is 16.7 Å². The minimum absolute atomic E-state index is 0.0170. The third-order valence-corrected chi connectivity index (χ3v) is 14.9. The molecular weight excluding hydrogens is 1010 g/mol. The highest BCUT2D eigenvalue weighted by atomic mass is 16.4. The summed E-state index contributed by atoms with van der Waals surface area (Å²) in [7, 11) is 0. The summed E-state index contributed by atoms with van der Waals surface area (Å²) >= 11 is 0. The molecule has 22 nitrogen and oxygen atoms in total. The second-order valence-corrected chi connectivity index (χ2v) is 23.4. The van der Waals surface area contributed by atoms with Crippen LogP contribution in [0.3, 0.4) is 0 Å². The van der Waals surface area contributed by atoms with E-state index in [0.717, 1.165) is 0 Å². The molecule has 2 heterocycles. The van der Waals surface area contributed by atoms with Crippen molar-refractivity contribution in [2.75, 3.05) is 39.4 Å². The zero-order valence-corrected chi connectivity index (χ0v) is 47.8. The number of carbonyl (C=O) groups is 11. The van der Waals surface area contributed by atoms with Crippen molar-refractivity contribution in [1.29, 1.82) is 0 Å². The highest BCUT2D eigenvalue weighted by molar-refractivity contribution is 5.98. The van der Waals surface area contributed by atoms with E-state index < -0.39 is 169 Å². The molecule has 0 bridgehead atoms. The molecule has 444 valence electrons. The Hall–Kier alpha value is -5.03. The van der Waals surface area contributed by atoms with Crippen molar-refractivity contribution >= 4 is 64.4 Å². The van der Waals surface area contributed by atoms with Crippen LogP contribution < -0.4 is 27.4 Å². The molecule has 2 rings (SSSR count). The number of unbranched alkanes of at least 4 members (excludes halogenated alkanes) is 1. The molecule has 0 aromatic carbocycles. The standard InChI is InChI=1S/C56H95N7O15/c1-31(2)20-36(54(75)63-19-13-16-45(63)49(71)27-41(34(7)8)52(73)61-43(30-65)47(69)25-38(56(77)78)22-33(5)6)23-40(67)28-59-51(72)39(29-64)26-48(70)44-15-12-18-62(44)55(76)37(21-32(3)4)24-46(68)42(14-10-11-17-57)60-53(74)50(58)35(9)66/h31-39,41-45,50,64-66H,10-30,57-58H2,1-9H3,(H,59,72)(H,60,74)(H,61,73)(H,77,78)/t35?,36-,37-,38-,39+,41+,42+,43+,44+,45+,50?/m1/s1. The third kappa shape index (κ3) is 22.2. The van der Waals surface area contributed by atoms with Crippen LogP contribution in [-0.4, -0.2) is 170 Å². The average molecular weight is 1110 g/mol. The summed E-state index contributed by atoms with van der Waals surface area (Å²) in [4.78, 5) is 151. The molecule has 0 aromatic rings. The van der Waals surface area contributed by atoms with Crippen molar-refractivity contribution in [2.24, 2.45) is 64.7 Å². The molecule has 11 atom stereocenters. The van der Waals surface area contributed by atoms with E-state index in [1.54, 1.807) is 13.8 Å². The van der Waals surface area contributed by atoms with Gasteiger partial charge in [-0.1, -0.05) is 55.4 Å². The van der Waals surface area contributed by atoms with Crippen LogP contribution in [0, 0.1) is 53.3 Å². The fourth-order valence-corrected chi connectivity index (χ4v) is 10.6. The first kappa shape index (κ1) is 69.1. The van der Waals surface area contributed by atoms with Gasteiger partial charge in [0.1, 0.15) is 12.1 Å². The number of aliphatic hydroxyl groups is 3. The van der Waals surface area contributed by atoms with Gasteiger partial charge >= 0.3 is 5.97 Å². The molecule has 0 aromatic heterocycles. The van der Waals surface area contributed by atoms with Crippen LogP contribution >= 0.6 is 0 Å². The molecule has 5 amide bonds. The molecular formula is C56H95N7O15. The summed E-state index contributed by atoms with van der Waals surface area (Å²) in [5.41, 5.74) is 11.5. The zero-order chi connectivity index (χ0) is 59.1. The van der Waals surface area contributed by atoms with E-state index in [1.807, 2.05) is 41.5 Å². The summed E-state index contributed by atoms with van der Waals surface area (Å²) in [6, 6.07) is -5.50. The van der Waals surface area contributed by atoms with Crippen LogP contribution in [-0.2, 0) is 52.7 Å². The number of aliphatic hydroxyl groups excluding tert-OH is 3. The van der Waals surface area contributed by atoms with Gasteiger partial charge in [0.05, 0.1) is 55.8 Å². The first-order valence-electron chi connectivity index (χ1n) is 28.3.